The number of carbonyl (C=O) groups excluding carboxylic acids is 1. The first-order chi connectivity index (χ1) is 3.72. The molecule has 0 saturated heterocycles. The van der Waals surface area contributed by atoms with Crippen molar-refractivity contribution in [3.63, 3.8) is 0 Å². The summed E-state index contributed by atoms with van der Waals surface area (Å²) in [4.78, 5) is 10.3. The molecular weight excluding hydrogens is 124 g/mol. The van der Waals surface area contributed by atoms with Gasteiger partial charge in [-0.05, 0) is 0 Å². The van der Waals surface area contributed by atoms with Crippen LogP contribution in [0.1, 0.15) is 0 Å². The average Bonchev–Trinajstić information content (AvgIpc) is 1.84. The van der Waals surface area contributed by atoms with Crippen LogP contribution >= 0.6 is 0 Å². The van der Waals surface area contributed by atoms with Crippen LogP contribution in [0.3, 0.4) is 0 Å². The molecule has 0 radical (unpaired) electrons. The zero-order valence-corrected chi connectivity index (χ0v) is 5.10. The summed E-state index contributed by atoms with van der Waals surface area (Å²) >= 11 is 0. The van der Waals surface area contributed by atoms with Crippen molar-refractivity contribution in [2.75, 3.05) is 7.11 Å². The maximum Gasteiger partial charge on any atom is 0.354 e. The van der Waals surface area contributed by atoms with Crippen molar-refractivity contribution in [2.45, 2.75) is 0 Å². The molecule has 0 aromatic carbocycles. The van der Waals surface area contributed by atoms with E-state index in [9.17, 15) is 4.79 Å². The minimum absolute atomic E-state index is 0. The van der Waals surface area contributed by atoms with Crippen LogP contribution < -0.4 is 11.3 Å². The van der Waals surface area contributed by atoms with Crippen molar-refractivity contribution in [3.05, 3.63) is 12.3 Å². The molecule has 0 fully saturated rings. The molecule has 9 heavy (non-hydrogen) atoms. The van der Waals surface area contributed by atoms with Crippen LogP contribution in [-0.2, 0) is 9.53 Å². The van der Waals surface area contributed by atoms with Crippen molar-refractivity contribution >= 4 is 5.97 Å². The Morgan fingerprint density at radius 3 is 2.33 bits per heavy atom. The van der Waals surface area contributed by atoms with Gasteiger partial charge in [-0.15, -0.1) is 0 Å². The predicted molar refractivity (Wildman–Crippen MR) is 32.1 cm³/mol. The number of nitrogens with one attached hydrogen (secondary N) is 1. The summed E-state index contributed by atoms with van der Waals surface area (Å²) in [5.41, 5.74) is 2.10. The molecule has 0 aromatic heterocycles. The Morgan fingerprint density at radius 2 is 2.22 bits per heavy atom. The maximum atomic E-state index is 10.3. The third kappa shape index (κ3) is 3.51. The van der Waals surface area contributed by atoms with E-state index in [0.29, 0.717) is 0 Å². The first-order valence-electron chi connectivity index (χ1n) is 1.96. The van der Waals surface area contributed by atoms with E-state index < -0.39 is 5.97 Å². The number of ether oxygens (including phenoxy) is 1. The van der Waals surface area contributed by atoms with Crippen molar-refractivity contribution in [2.24, 2.45) is 5.84 Å². The van der Waals surface area contributed by atoms with E-state index in [1.807, 2.05) is 5.43 Å². The topological polar surface area (TPSA) is 95.8 Å². The molecule has 0 unspecified atom stereocenters. The van der Waals surface area contributed by atoms with E-state index in [2.05, 4.69) is 11.3 Å². The number of nitrogens with two attached hydrogens (primary N) is 1. The molecule has 0 aromatic rings. The largest absolute Gasteiger partial charge is 0.464 e. The summed E-state index contributed by atoms with van der Waals surface area (Å²) in [5, 5.41) is 0. The summed E-state index contributed by atoms with van der Waals surface area (Å²) < 4.78 is 4.22. The van der Waals surface area contributed by atoms with Gasteiger partial charge >= 0.3 is 5.97 Å². The summed E-state index contributed by atoms with van der Waals surface area (Å²) in [7, 11) is 1.25. The zero-order valence-electron chi connectivity index (χ0n) is 5.10. The number of esters is 1. The van der Waals surface area contributed by atoms with Crippen molar-refractivity contribution < 1.29 is 15.0 Å². The quantitative estimate of drug-likeness (QED) is 0.204. The summed E-state index contributed by atoms with van der Waals surface area (Å²) in [6.07, 6.45) is 0. The van der Waals surface area contributed by atoms with Crippen LogP contribution in [0.25, 0.3) is 0 Å². The van der Waals surface area contributed by atoms with Crippen LogP contribution in [0.4, 0.5) is 0 Å². The lowest BCUT2D eigenvalue weighted by Crippen LogP contribution is -2.26. The van der Waals surface area contributed by atoms with Gasteiger partial charge in [0, 0.05) is 0 Å². The molecule has 0 amide bonds. The summed E-state index contributed by atoms with van der Waals surface area (Å²) in [6, 6.07) is 0. The minimum Gasteiger partial charge on any atom is -0.464 e. The van der Waals surface area contributed by atoms with Crippen molar-refractivity contribution in [1.29, 1.82) is 0 Å². The van der Waals surface area contributed by atoms with Gasteiger partial charge in [0.15, 0.2) is 0 Å². The number of hydrogen-bond donors (Lipinski definition) is 2. The fourth-order valence-electron chi connectivity index (χ4n) is 0.182. The lowest BCUT2D eigenvalue weighted by molar-refractivity contribution is -0.136. The smallest absolute Gasteiger partial charge is 0.354 e. The molecule has 5 nitrogen and oxygen atoms in total. The first-order valence-corrected chi connectivity index (χ1v) is 1.96. The highest BCUT2D eigenvalue weighted by Gasteiger charge is 2.00. The van der Waals surface area contributed by atoms with E-state index in [1.165, 1.54) is 7.11 Å². The molecule has 0 heterocycles. The monoisotopic (exact) mass is 134 g/mol. The second kappa shape index (κ2) is 5.07. The molecule has 0 rings (SSSR count). The van der Waals surface area contributed by atoms with Gasteiger partial charge in [0.2, 0.25) is 0 Å². The molecule has 0 aliphatic carbocycles. The van der Waals surface area contributed by atoms with Gasteiger partial charge in [0.05, 0.1) is 7.11 Å². The van der Waals surface area contributed by atoms with Gasteiger partial charge in [-0.3, -0.25) is 5.84 Å². The second-order valence-corrected chi connectivity index (χ2v) is 1.11. The zero-order chi connectivity index (χ0) is 6.57. The Labute approximate surface area is 52.8 Å². The Morgan fingerprint density at radius 1 is 1.78 bits per heavy atom. The highest BCUT2D eigenvalue weighted by molar-refractivity contribution is 5.86. The van der Waals surface area contributed by atoms with Gasteiger partial charge in [0.1, 0.15) is 5.70 Å². The lowest BCUT2D eigenvalue weighted by atomic mass is 10.5. The lowest BCUT2D eigenvalue weighted by Gasteiger charge is -1.98. The number of methoxy groups -OCH3 is 1. The Hall–Kier alpha value is -1.07. The fraction of sp³-hybridized carbons (Fsp3) is 0.250. The molecule has 0 spiro atoms. The standard InChI is InChI=1S/C4H8N2O2.H2O/c1-3(6-5)4(7)8-2;/h6H,1,5H2,2H3;1H2. The SMILES string of the molecule is C=C(NN)C(=O)OC.O. The summed E-state index contributed by atoms with van der Waals surface area (Å²) in [5.74, 6) is 4.25. The van der Waals surface area contributed by atoms with E-state index in [0.717, 1.165) is 0 Å². The molecule has 0 saturated carbocycles. The Bertz CT molecular complexity index is 98.4. The van der Waals surface area contributed by atoms with Crippen LogP contribution in [0.2, 0.25) is 0 Å². The Balaban J connectivity index is 0. The normalized spacial score (nSPS) is 6.89. The molecule has 0 atom stereocenters. The number of rotatable bonds is 2. The van der Waals surface area contributed by atoms with Gasteiger partial charge in [-0.1, -0.05) is 6.58 Å². The van der Waals surface area contributed by atoms with Crippen molar-refractivity contribution in [3.8, 4) is 0 Å². The summed E-state index contributed by atoms with van der Waals surface area (Å²) in [6.45, 7) is 3.23. The maximum absolute atomic E-state index is 10.3. The number of carbonyl (C=O) groups is 1. The third-order valence-corrected chi connectivity index (χ3v) is 0.606. The number of hydrogen-bond acceptors (Lipinski definition) is 4. The van der Waals surface area contributed by atoms with Crippen LogP contribution in [-0.4, -0.2) is 18.6 Å². The average molecular weight is 134 g/mol. The predicted octanol–water partition coefficient (Wildman–Crippen LogP) is -1.69. The molecule has 0 aliphatic rings. The molecule has 5 N–H and O–H groups in total. The van der Waals surface area contributed by atoms with Gasteiger partial charge in [-0.2, -0.15) is 0 Å². The fourth-order valence-corrected chi connectivity index (χ4v) is 0.182. The molecule has 54 valence electrons. The molecule has 0 aliphatic heterocycles. The van der Waals surface area contributed by atoms with Gasteiger partial charge < -0.3 is 15.6 Å². The van der Waals surface area contributed by atoms with Crippen LogP contribution in [0.15, 0.2) is 12.3 Å². The minimum atomic E-state index is -0.549. The second-order valence-electron chi connectivity index (χ2n) is 1.11. The Kier molecular flexibility index (Phi) is 6.11. The van der Waals surface area contributed by atoms with E-state index in [4.69, 9.17) is 5.84 Å². The molecule has 5 heteroatoms. The van der Waals surface area contributed by atoms with Gasteiger partial charge in [0.25, 0.3) is 0 Å². The third-order valence-electron chi connectivity index (χ3n) is 0.606. The highest BCUT2D eigenvalue weighted by atomic mass is 16.5. The van der Waals surface area contributed by atoms with Crippen LogP contribution in [0, 0.1) is 0 Å². The van der Waals surface area contributed by atoms with Gasteiger partial charge in [-0.25, -0.2) is 4.79 Å². The van der Waals surface area contributed by atoms with Crippen molar-refractivity contribution in [1.82, 2.24) is 5.43 Å². The highest BCUT2D eigenvalue weighted by Crippen LogP contribution is 1.82. The molecule has 0 bridgehead atoms. The molecular formula is C4H10N2O3. The number of hydrazine groups is 1. The first kappa shape index (κ1) is 10.8. The van der Waals surface area contributed by atoms with Crippen LogP contribution in [0.5, 0.6) is 0 Å². The van der Waals surface area contributed by atoms with E-state index in [1.54, 1.807) is 0 Å². The van der Waals surface area contributed by atoms with E-state index >= 15 is 0 Å². The van der Waals surface area contributed by atoms with E-state index in [-0.39, 0.29) is 11.2 Å².